The Hall–Kier alpha value is -0.760. The Morgan fingerprint density at radius 1 is 1.78 bits per heavy atom. The van der Waals surface area contributed by atoms with Crippen LogP contribution in [0.2, 0.25) is 0 Å². The lowest BCUT2D eigenvalue weighted by atomic mass is 10.2. The highest BCUT2D eigenvalue weighted by Gasteiger charge is 2.13. The van der Waals surface area contributed by atoms with Gasteiger partial charge in [-0.15, -0.1) is 0 Å². The van der Waals surface area contributed by atoms with Crippen LogP contribution in [-0.2, 0) is 4.79 Å². The SMILES string of the molecule is O=C(O)C1=C(Cl)C=CC1. The Labute approximate surface area is 57.4 Å². The molecule has 48 valence electrons. The number of carbonyl (C=O) groups is 1. The van der Waals surface area contributed by atoms with Gasteiger partial charge in [-0.3, -0.25) is 0 Å². The van der Waals surface area contributed by atoms with Crippen molar-refractivity contribution in [1.29, 1.82) is 0 Å². The van der Waals surface area contributed by atoms with E-state index >= 15 is 0 Å². The molecule has 0 bridgehead atoms. The van der Waals surface area contributed by atoms with Gasteiger partial charge >= 0.3 is 5.97 Å². The van der Waals surface area contributed by atoms with Gasteiger partial charge in [0.25, 0.3) is 0 Å². The van der Waals surface area contributed by atoms with Crippen molar-refractivity contribution in [2.75, 3.05) is 0 Å². The van der Waals surface area contributed by atoms with Gasteiger partial charge in [-0.1, -0.05) is 17.7 Å². The zero-order valence-corrected chi connectivity index (χ0v) is 5.35. The van der Waals surface area contributed by atoms with Gasteiger partial charge < -0.3 is 5.11 Å². The van der Waals surface area contributed by atoms with E-state index in [1.54, 1.807) is 12.2 Å². The van der Waals surface area contributed by atoms with Gasteiger partial charge in [0.05, 0.1) is 10.6 Å². The van der Waals surface area contributed by atoms with Crippen LogP contribution in [0, 0.1) is 0 Å². The molecule has 0 aromatic rings. The van der Waals surface area contributed by atoms with Gasteiger partial charge in [0.2, 0.25) is 0 Å². The number of allylic oxidation sites excluding steroid dienone is 3. The van der Waals surface area contributed by atoms with E-state index in [9.17, 15) is 4.79 Å². The lowest BCUT2D eigenvalue weighted by Crippen LogP contribution is -1.97. The smallest absolute Gasteiger partial charge is 0.333 e. The number of halogens is 1. The number of rotatable bonds is 1. The van der Waals surface area contributed by atoms with Crippen LogP contribution in [0.15, 0.2) is 22.8 Å². The fourth-order valence-corrected chi connectivity index (χ4v) is 0.915. The van der Waals surface area contributed by atoms with Gasteiger partial charge in [-0.05, 0) is 12.5 Å². The summed E-state index contributed by atoms with van der Waals surface area (Å²) in [5.41, 5.74) is 0.289. The minimum absolute atomic E-state index is 0.289. The molecule has 0 atom stereocenters. The Morgan fingerprint density at radius 2 is 2.44 bits per heavy atom. The largest absolute Gasteiger partial charge is 0.478 e. The predicted octanol–water partition coefficient (Wildman–Crippen LogP) is 1.52. The normalized spacial score (nSPS) is 17.0. The predicted molar refractivity (Wildman–Crippen MR) is 34.3 cm³/mol. The highest BCUT2D eigenvalue weighted by Crippen LogP contribution is 2.21. The molecule has 0 fully saturated rings. The second-order valence-electron chi connectivity index (χ2n) is 1.74. The zero-order chi connectivity index (χ0) is 6.85. The summed E-state index contributed by atoms with van der Waals surface area (Å²) in [5, 5.41) is 8.75. The van der Waals surface area contributed by atoms with E-state index in [0.29, 0.717) is 11.5 Å². The number of aliphatic carboxylic acids is 1. The maximum atomic E-state index is 10.2. The van der Waals surface area contributed by atoms with Gasteiger partial charge in [-0.2, -0.15) is 0 Å². The Kier molecular flexibility index (Phi) is 1.58. The molecule has 0 saturated carbocycles. The number of hydrogen-bond acceptors (Lipinski definition) is 1. The van der Waals surface area contributed by atoms with Crippen molar-refractivity contribution in [3.05, 3.63) is 22.8 Å². The van der Waals surface area contributed by atoms with Crippen LogP contribution in [0.5, 0.6) is 0 Å². The van der Waals surface area contributed by atoms with Crippen molar-refractivity contribution >= 4 is 17.6 Å². The molecule has 0 unspecified atom stereocenters. The summed E-state index contributed by atoms with van der Waals surface area (Å²) in [6.45, 7) is 0. The van der Waals surface area contributed by atoms with Crippen molar-refractivity contribution in [3.63, 3.8) is 0 Å². The van der Waals surface area contributed by atoms with Gasteiger partial charge in [-0.25, -0.2) is 4.79 Å². The molecule has 1 aliphatic rings. The maximum Gasteiger partial charge on any atom is 0.333 e. The second kappa shape index (κ2) is 2.23. The lowest BCUT2D eigenvalue weighted by Gasteiger charge is -1.90. The average molecular weight is 145 g/mol. The molecule has 0 heterocycles. The van der Waals surface area contributed by atoms with Gasteiger partial charge in [0, 0.05) is 0 Å². The molecule has 0 amide bonds. The third kappa shape index (κ3) is 1.13. The molecule has 0 saturated heterocycles. The molecular formula is C6H5ClO2. The van der Waals surface area contributed by atoms with Gasteiger partial charge in [0.1, 0.15) is 0 Å². The second-order valence-corrected chi connectivity index (χ2v) is 2.15. The minimum Gasteiger partial charge on any atom is -0.478 e. The van der Waals surface area contributed by atoms with Crippen LogP contribution in [0.4, 0.5) is 0 Å². The first-order valence-corrected chi connectivity index (χ1v) is 2.88. The van der Waals surface area contributed by atoms with Crippen LogP contribution in [0.3, 0.4) is 0 Å². The molecule has 2 nitrogen and oxygen atoms in total. The lowest BCUT2D eigenvalue weighted by molar-refractivity contribution is -0.132. The van der Waals surface area contributed by atoms with Crippen LogP contribution in [0.1, 0.15) is 6.42 Å². The van der Waals surface area contributed by atoms with Crippen LogP contribution in [0.25, 0.3) is 0 Å². The molecule has 0 aromatic heterocycles. The molecule has 0 radical (unpaired) electrons. The highest BCUT2D eigenvalue weighted by atomic mass is 35.5. The quantitative estimate of drug-likeness (QED) is 0.606. The molecule has 0 spiro atoms. The van der Waals surface area contributed by atoms with Crippen LogP contribution in [-0.4, -0.2) is 11.1 Å². The van der Waals surface area contributed by atoms with E-state index in [0.717, 1.165) is 0 Å². The van der Waals surface area contributed by atoms with E-state index in [1.165, 1.54) is 0 Å². The van der Waals surface area contributed by atoms with Crippen molar-refractivity contribution in [3.8, 4) is 0 Å². The Balaban J connectivity index is 2.85. The van der Waals surface area contributed by atoms with E-state index in [-0.39, 0.29) is 5.57 Å². The van der Waals surface area contributed by atoms with Crippen molar-refractivity contribution < 1.29 is 9.90 Å². The molecule has 1 aliphatic carbocycles. The summed E-state index contributed by atoms with van der Waals surface area (Å²) in [7, 11) is 0. The molecular weight excluding hydrogens is 140 g/mol. The summed E-state index contributed by atoms with van der Waals surface area (Å²) < 4.78 is 0. The van der Waals surface area contributed by atoms with E-state index in [1.807, 2.05) is 0 Å². The topological polar surface area (TPSA) is 37.3 Å². The number of hydrogen-bond donors (Lipinski definition) is 1. The summed E-state index contributed by atoms with van der Waals surface area (Å²) in [6, 6.07) is 0. The van der Waals surface area contributed by atoms with Crippen LogP contribution < -0.4 is 0 Å². The number of carboxylic acids is 1. The molecule has 3 heteroatoms. The number of carboxylic acid groups (broad SMARTS) is 1. The summed E-state index contributed by atoms with van der Waals surface area (Å²) in [4.78, 5) is 10.2. The third-order valence-corrected chi connectivity index (χ3v) is 1.49. The fraction of sp³-hybridized carbons (Fsp3) is 0.167. The maximum absolute atomic E-state index is 10.2. The molecule has 0 aromatic carbocycles. The standard InChI is InChI=1S/C6H5ClO2/c7-5-3-1-2-4(5)6(8)9/h1,3H,2H2,(H,8,9). The average Bonchev–Trinajstić information content (AvgIpc) is 2.13. The first-order chi connectivity index (χ1) is 4.22. The van der Waals surface area contributed by atoms with Crippen molar-refractivity contribution in [2.24, 2.45) is 0 Å². The molecule has 1 rings (SSSR count). The van der Waals surface area contributed by atoms with Crippen molar-refractivity contribution in [1.82, 2.24) is 0 Å². The Bertz CT molecular complexity index is 203. The van der Waals surface area contributed by atoms with Gasteiger partial charge in [0.15, 0.2) is 0 Å². The summed E-state index contributed by atoms with van der Waals surface area (Å²) >= 11 is 5.49. The first kappa shape index (κ1) is 6.36. The highest BCUT2D eigenvalue weighted by molar-refractivity contribution is 6.33. The van der Waals surface area contributed by atoms with E-state index in [4.69, 9.17) is 16.7 Å². The Morgan fingerprint density at radius 3 is 2.67 bits per heavy atom. The molecule has 9 heavy (non-hydrogen) atoms. The zero-order valence-electron chi connectivity index (χ0n) is 4.60. The fourth-order valence-electron chi connectivity index (χ4n) is 0.668. The van der Waals surface area contributed by atoms with E-state index in [2.05, 4.69) is 0 Å². The summed E-state index contributed by atoms with van der Waals surface area (Å²) in [6.07, 6.45) is 3.78. The van der Waals surface area contributed by atoms with Crippen LogP contribution >= 0.6 is 11.6 Å². The minimum atomic E-state index is -0.926. The molecule has 0 aliphatic heterocycles. The van der Waals surface area contributed by atoms with E-state index < -0.39 is 5.97 Å². The summed E-state index contributed by atoms with van der Waals surface area (Å²) in [5.74, 6) is -0.926. The van der Waals surface area contributed by atoms with Crippen molar-refractivity contribution in [2.45, 2.75) is 6.42 Å². The first-order valence-electron chi connectivity index (χ1n) is 2.50. The monoisotopic (exact) mass is 144 g/mol. The molecule has 1 N–H and O–H groups in total. The third-order valence-electron chi connectivity index (χ3n) is 1.13.